The second-order valence-electron chi connectivity index (χ2n) is 9.33. The molecule has 1 aromatic carbocycles. The number of anilines is 1. The summed E-state index contributed by atoms with van der Waals surface area (Å²) in [5.74, 6) is -2.62. The number of hydrogen-bond donors (Lipinski definition) is 2. The van der Waals surface area contributed by atoms with Crippen LogP contribution in [0.2, 0.25) is 0 Å². The molecule has 1 aliphatic heterocycles. The minimum absolute atomic E-state index is 0.0379. The highest BCUT2D eigenvalue weighted by molar-refractivity contribution is 5.92. The third-order valence-electron chi connectivity index (χ3n) is 5.65. The number of benzene rings is 1. The topological polar surface area (TPSA) is 128 Å². The summed E-state index contributed by atoms with van der Waals surface area (Å²) in [6.07, 6.45) is -4.11. The van der Waals surface area contributed by atoms with Crippen molar-refractivity contribution in [3.8, 4) is 5.75 Å². The SMILES string of the molecule is CCOC(=O)N1c2ccc(C(F)(F)F)cc2C(c2ncc(O)c(C(=O)OC(C)(C)C)n2)C(N)C1CC. The fourth-order valence-electron chi connectivity index (χ4n) is 4.19. The molecule has 3 N–H and O–H groups in total. The Bertz CT molecular complexity index is 1150. The number of amides is 1. The van der Waals surface area contributed by atoms with Crippen LogP contribution in [0.3, 0.4) is 0 Å². The Labute approximate surface area is 206 Å². The van der Waals surface area contributed by atoms with E-state index in [1.165, 1.54) is 11.0 Å². The predicted molar refractivity (Wildman–Crippen MR) is 124 cm³/mol. The van der Waals surface area contributed by atoms with Gasteiger partial charge in [0.1, 0.15) is 11.4 Å². The zero-order valence-corrected chi connectivity index (χ0v) is 20.6. The number of hydrogen-bond acceptors (Lipinski definition) is 8. The molecule has 1 aromatic heterocycles. The van der Waals surface area contributed by atoms with Crippen molar-refractivity contribution >= 4 is 17.7 Å². The number of aromatic hydroxyl groups is 1. The molecule has 0 fully saturated rings. The number of alkyl halides is 3. The Morgan fingerprint density at radius 3 is 2.42 bits per heavy atom. The molecule has 3 atom stereocenters. The van der Waals surface area contributed by atoms with Crippen LogP contribution in [0.5, 0.6) is 5.75 Å². The number of nitrogens with zero attached hydrogens (tertiary/aromatic N) is 3. The maximum Gasteiger partial charge on any atom is 0.416 e. The molecule has 3 rings (SSSR count). The third-order valence-corrected chi connectivity index (χ3v) is 5.65. The number of carbonyl (C=O) groups is 2. The second-order valence-corrected chi connectivity index (χ2v) is 9.33. The summed E-state index contributed by atoms with van der Waals surface area (Å²) in [6.45, 7) is 8.33. The van der Waals surface area contributed by atoms with Crippen molar-refractivity contribution in [1.29, 1.82) is 0 Å². The van der Waals surface area contributed by atoms with Gasteiger partial charge in [-0.2, -0.15) is 13.2 Å². The number of rotatable bonds is 4. The van der Waals surface area contributed by atoms with E-state index in [2.05, 4.69) is 9.97 Å². The van der Waals surface area contributed by atoms with Gasteiger partial charge in [0.2, 0.25) is 0 Å². The molecule has 12 heteroatoms. The summed E-state index contributed by atoms with van der Waals surface area (Å²) < 4.78 is 51.3. The molecule has 0 saturated carbocycles. The van der Waals surface area contributed by atoms with E-state index in [1.54, 1.807) is 34.6 Å². The molecule has 1 amide bonds. The summed E-state index contributed by atoms with van der Waals surface area (Å²) in [5.41, 5.74) is 4.45. The summed E-state index contributed by atoms with van der Waals surface area (Å²) in [5, 5.41) is 10.2. The average molecular weight is 511 g/mol. The van der Waals surface area contributed by atoms with Crippen molar-refractivity contribution in [2.24, 2.45) is 5.73 Å². The molecule has 2 heterocycles. The van der Waals surface area contributed by atoms with E-state index in [0.717, 1.165) is 18.3 Å². The van der Waals surface area contributed by atoms with E-state index in [4.69, 9.17) is 15.2 Å². The van der Waals surface area contributed by atoms with Gasteiger partial charge in [0.05, 0.1) is 36.0 Å². The average Bonchev–Trinajstić information content (AvgIpc) is 2.76. The van der Waals surface area contributed by atoms with Crippen molar-refractivity contribution < 1.29 is 37.3 Å². The third kappa shape index (κ3) is 5.38. The molecule has 9 nitrogen and oxygen atoms in total. The first kappa shape index (κ1) is 27.2. The van der Waals surface area contributed by atoms with Gasteiger partial charge in [-0.1, -0.05) is 6.92 Å². The minimum atomic E-state index is -4.67. The van der Waals surface area contributed by atoms with E-state index in [-0.39, 0.29) is 23.7 Å². The molecule has 36 heavy (non-hydrogen) atoms. The zero-order valence-electron chi connectivity index (χ0n) is 20.6. The van der Waals surface area contributed by atoms with Crippen LogP contribution in [-0.4, -0.2) is 51.4 Å². The lowest BCUT2D eigenvalue weighted by Crippen LogP contribution is -2.57. The van der Waals surface area contributed by atoms with Gasteiger partial charge >= 0.3 is 18.2 Å². The summed E-state index contributed by atoms with van der Waals surface area (Å²) in [4.78, 5) is 35.0. The lowest BCUT2D eigenvalue weighted by Gasteiger charge is -2.43. The Morgan fingerprint density at radius 1 is 1.19 bits per heavy atom. The van der Waals surface area contributed by atoms with Gasteiger partial charge < -0.3 is 20.3 Å². The summed E-state index contributed by atoms with van der Waals surface area (Å²) in [7, 11) is 0. The van der Waals surface area contributed by atoms with Crippen molar-refractivity contribution in [2.75, 3.05) is 11.5 Å². The highest BCUT2D eigenvalue weighted by Crippen LogP contribution is 2.44. The Morgan fingerprint density at radius 2 is 1.86 bits per heavy atom. The van der Waals surface area contributed by atoms with E-state index in [9.17, 15) is 27.9 Å². The number of ether oxygens (including phenoxy) is 2. The van der Waals surface area contributed by atoms with Crippen LogP contribution < -0.4 is 10.6 Å². The van der Waals surface area contributed by atoms with E-state index >= 15 is 0 Å². The first-order chi connectivity index (χ1) is 16.7. The molecular weight excluding hydrogens is 481 g/mol. The number of esters is 1. The smallest absolute Gasteiger partial charge is 0.416 e. The quantitative estimate of drug-likeness (QED) is 0.581. The lowest BCUT2D eigenvalue weighted by molar-refractivity contribution is -0.137. The maximum absolute atomic E-state index is 13.6. The summed E-state index contributed by atoms with van der Waals surface area (Å²) >= 11 is 0. The van der Waals surface area contributed by atoms with Gasteiger partial charge in [0.25, 0.3) is 0 Å². The summed E-state index contributed by atoms with van der Waals surface area (Å²) in [6, 6.07) is 1.30. The van der Waals surface area contributed by atoms with E-state index in [1.807, 2.05) is 0 Å². The van der Waals surface area contributed by atoms with Crippen LogP contribution in [0.4, 0.5) is 23.7 Å². The second kappa shape index (κ2) is 9.92. The number of nitrogens with two attached hydrogens (primary N) is 1. The number of aromatic nitrogens is 2. The molecule has 0 bridgehead atoms. The molecule has 0 spiro atoms. The van der Waals surface area contributed by atoms with Crippen LogP contribution in [-0.2, 0) is 15.7 Å². The fraction of sp³-hybridized carbons (Fsp3) is 0.500. The normalized spacial score (nSPS) is 20.0. The molecule has 0 radical (unpaired) electrons. The van der Waals surface area contributed by atoms with Crippen molar-refractivity contribution in [1.82, 2.24) is 9.97 Å². The van der Waals surface area contributed by atoms with E-state index in [0.29, 0.717) is 6.42 Å². The molecular formula is C24H29F3N4O5. The standard InChI is InChI=1S/C24H29F3N4O5/c1-6-14-18(28)17(20-29-11-16(32)19(30-20)21(33)36-23(3,4)5)13-10-12(24(25,26)27)8-9-15(13)31(14)22(34)35-7-2/h8-11,14,17-18,32H,6-7,28H2,1-5H3. The number of carbonyl (C=O) groups excluding carboxylic acids is 2. The first-order valence-electron chi connectivity index (χ1n) is 11.4. The zero-order chi connectivity index (χ0) is 27.0. The highest BCUT2D eigenvalue weighted by atomic mass is 19.4. The van der Waals surface area contributed by atoms with Crippen LogP contribution in [0, 0.1) is 0 Å². The Hall–Kier alpha value is -3.41. The lowest BCUT2D eigenvalue weighted by atomic mass is 9.79. The first-order valence-corrected chi connectivity index (χ1v) is 11.4. The molecule has 1 aliphatic rings. The Balaban J connectivity index is 2.23. The van der Waals surface area contributed by atoms with E-state index < -0.39 is 58.8 Å². The van der Waals surface area contributed by atoms with Crippen molar-refractivity contribution in [2.45, 2.75) is 70.8 Å². The highest BCUT2D eigenvalue weighted by Gasteiger charge is 2.45. The largest absolute Gasteiger partial charge is 0.504 e. The molecule has 3 unspecified atom stereocenters. The van der Waals surface area contributed by atoms with Crippen LogP contribution in [0.1, 0.15) is 74.4 Å². The van der Waals surface area contributed by atoms with Crippen LogP contribution in [0.15, 0.2) is 24.4 Å². The minimum Gasteiger partial charge on any atom is -0.504 e. The molecule has 2 aromatic rings. The number of halogens is 3. The van der Waals surface area contributed by atoms with Gasteiger partial charge in [0, 0.05) is 6.04 Å². The van der Waals surface area contributed by atoms with Crippen LogP contribution >= 0.6 is 0 Å². The molecule has 0 saturated heterocycles. The predicted octanol–water partition coefficient (Wildman–Crippen LogP) is 4.37. The van der Waals surface area contributed by atoms with Gasteiger partial charge in [-0.3, -0.25) is 4.90 Å². The molecule has 196 valence electrons. The number of fused-ring (bicyclic) bond motifs is 1. The van der Waals surface area contributed by atoms with Gasteiger partial charge in [0.15, 0.2) is 11.4 Å². The Kier molecular flexibility index (Phi) is 7.49. The van der Waals surface area contributed by atoms with Crippen LogP contribution in [0.25, 0.3) is 0 Å². The van der Waals surface area contributed by atoms with Gasteiger partial charge in [-0.05, 0) is 57.9 Å². The molecule has 0 aliphatic carbocycles. The monoisotopic (exact) mass is 510 g/mol. The van der Waals surface area contributed by atoms with Gasteiger partial charge in [-0.15, -0.1) is 0 Å². The van der Waals surface area contributed by atoms with Gasteiger partial charge in [-0.25, -0.2) is 19.6 Å². The maximum atomic E-state index is 13.6. The fourth-order valence-corrected chi connectivity index (χ4v) is 4.19. The van der Waals surface area contributed by atoms with Crippen molar-refractivity contribution in [3.63, 3.8) is 0 Å². The van der Waals surface area contributed by atoms with Crippen molar-refractivity contribution in [3.05, 3.63) is 47.0 Å².